The summed E-state index contributed by atoms with van der Waals surface area (Å²) in [5.41, 5.74) is 0.702. The van der Waals surface area contributed by atoms with Gasteiger partial charge in [-0.05, 0) is 26.7 Å². The van der Waals surface area contributed by atoms with Gasteiger partial charge in [0.25, 0.3) is 10.1 Å². The maximum atomic E-state index is 11.3. The minimum absolute atomic E-state index is 0.211. The van der Waals surface area contributed by atoms with E-state index in [0.29, 0.717) is 12.0 Å². The van der Waals surface area contributed by atoms with Gasteiger partial charge in [-0.1, -0.05) is 109 Å². The maximum Gasteiger partial charge on any atom is 0.290 e. The first-order valence-corrected chi connectivity index (χ1v) is 12.5. The largest absolute Gasteiger partial charge is 0.290 e. The lowest BCUT2D eigenvalue weighted by Crippen LogP contribution is -2.04. The van der Waals surface area contributed by atoms with Crippen molar-refractivity contribution in [3.05, 3.63) is 10.5 Å². The van der Waals surface area contributed by atoms with Crippen LogP contribution in [0.25, 0.3) is 0 Å². The van der Waals surface area contributed by atoms with Crippen LogP contribution in [0.15, 0.2) is 10.5 Å². The summed E-state index contributed by atoms with van der Waals surface area (Å²) in [6, 6.07) is 0. The van der Waals surface area contributed by atoms with E-state index in [9.17, 15) is 13.0 Å². The SMILES string of the molecule is CCCCCCCCCCCCCCCCCCC(=C(C)C)S(=O)(=O)O. The molecule has 3 nitrogen and oxygen atoms in total. The van der Waals surface area contributed by atoms with Crippen LogP contribution in [0.1, 0.15) is 130 Å². The molecule has 0 spiro atoms. The fraction of sp³-hybridized carbons (Fsp3) is 0.909. The van der Waals surface area contributed by atoms with E-state index in [4.69, 9.17) is 0 Å². The number of allylic oxidation sites excluding steroid dienone is 2. The van der Waals surface area contributed by atoms with E-state index in [1.165, 1.54) is 89.9 Å². The molecule has 0 unspecified atom stereocenters. The number of unbranched alkanes of at least 4 members (excludes halogenated alkanes) is 15. The third-order valence-corrected chi connectivity index (χ3v) is 6.36. The fourth-order valence-corrected chi connectivity index (χ4v) is 4.39. The summed E-state index contributed by atoms with van der Waals surface area (Å²) in [5, 5.41) is 0. The van der Waals surface area contributed by atoms with Crippen molar-refractivity contribution in [1.82, 2.24) is 0 Å². The molecule has 0 amide bonds. The van der Waals surface area contributed by atoms with Crippen LogP contribution < -0.4 is 0 Å². The van der Waals surface area contributed by atoms with Crippen molar-refractivity contribution in [3.63, 3.8) is 0 Å². The van der Waals surface area contributed by atoms with Gasteiger partial charge in [-0.15, -0.1) is 0 Å². The van der Waals surface area contributed by atoms with Gasteiger partial charge in [0.2, 0.25) is 0 Å². The van der Waals surface area contributed by atoms with Crippen LogP contribution in [-0.4, -0.2) is 13.0 Å². The Kier molecular flexibility index (Phi) is 16.6. The van der Waals surface area contributed by atoms with E-state index >= 15 is 0 Å². The van der Waals surface area contributed by atoms with Crippen molar-refractivity contribution in [1.29, 1.82) is 0 Å². The quantitative estimate of drug-likeness (QED) is 0.192. The molecule has 0 fully saturated rings. The van der Waals surface area contributed by atoms with Crippen LogP contribution in [0.2, 0.25) is 0 Å². The lowest BCUT2D eigenvalue weighted by molar-refractivity contribution is 0.486. The summed E-state index contributed by atoms with van der Waals surface area (Å²) < 4.78 is 31.7. The van der Waals surface area contributed by atoms with Crippen LogP contribution in [0, 0.1) is 0 Å². The highest BCUT2D eigenvalue weighted by molar-refractivity contribution is 7.89. The highest BCUT2D eigenvalue weighted by Gasteiger charge is 2.14. The van der Waals surface area contributed by atoms with Crippen LogP contribution in [0.3, 0.4) is 0 Å². The van der Waals surface area contributed by atoms with E-state index in [-0.39, 0.29) is 4.91 Å². The van der Waals surface area contributed by atoms with Crippen molar-refractivity contribution in [2.24, 2.45) is 0 Å². The molecule has 0 aromatic rings. The molecule has 0 aromatic heterocycles. The Bertz CT molecular complexity index is 448. The molecular weight excluding hydrogens is 344 g/mol. The van der Waals surface area contributed by atoms with E-state index < -0.39 is 10.1 Å². The Morgan fingerprint density at radius 3 is 1.19 bits per heavy atom. The lowest BCUT2D eigenvalue weighted by atomic mass is 10.0. The Morgan fingerprint density at radius 2 is 0.923 bits per heavy atom. The molecule has 26 heavy (non-hydrogen) atoms. The summed E-state index contributed by atoms with van der Waals surface area (Å²) in [6.45, 7) is 5.76. The lowest BCUT2D eigenvalue weighted by Gasteiger charge is -2.07. The topological polar surface area (TPSA) is 54.4 Å². The van der Waals surface area contributed by atoms with Gasteiger partial charge in [-0.3, -0.25) is 4.55 Å². The predicted molar refractivity (Wildman–Crippen MR) is 114 cm³/mol. The van der Waals surface area contributed by atoms with Crippen molar-refractivity contribution in [2.45, 2.75) is 130 Å². The second kappa shape index (κ2) is 16.8. The third-order valence-electron chi connectivity index (χ3n) is 5.13. The highest BCUT2D eigenvalue weighted by Crippen LogP contribution is 2.19. The minimum atomic E-state index is -4.01. The van der Waals surface area contributed by atoms with Crippen LogP contribution in [0.5, 0.6) is 0 Å². The molecule has 0 aliphatic heterocycles. The van der Waals surface area contributed by atoms with Gasteiger partial charge in [-0.25, -0.2) is 0 Å². The zero-order valence-corrected chi connectivity index (χ0v) is 18.5. The number of hydrogen-bond acceptors (Lipinski definition) is 2. The average molecular weight is 389 g/mol. The van der Waals surface area contributed by atoms with Crippen molar-refractivity contribution in [3.8, 4) is 0 Å². The molecule has 0 aliphatic carbocycles. The van der Waals surface area contributed by atoms with Crippen LogP contribution >= 0.6 is 0 Å². The van der Waals surface area contributed by atoms with Gasteiger partial charge in [0.1, 0.15) is 0 Å². The average Bonchev–Trinajstić information content (AvgIpc) is 2.56. The molecule has 0 atom stereocenters. The summed E-state index contributed by atoms with van der Waals surface area (Å²) in [5.74, 6) is 0. The van der Waals surface area contributed by atoms with E-state index in [2.05, 4.69) is 6.92 Å². The van der Waals surface area contributed by atoms with Crippen LogP contribution in [0.4, 0.5) is 0 Å². The Balaban J connectivity index is 3.36. The molecule has 0 heterocycles. The monoisotopic (exact) mass is 388 g/mol. The molecule has 0 radical (unpaired) electrons. The molecule has 0 saturated carbocycles. The first kappa shape index (κ1) is 25.6. The molecule has 156 valence electrons. The zero-order valence-electron chi connectivity index (χ0n) is 17.7. The van der Waals surface area contributed by atoms with E-state index in [1.54, 1.807) is 13.8 Å². The summed E-state index contributed by atoms with van der Waals surface area (Å²) in [6.07, 6.45) is 21.4. The minimum Gasteiger partial charge on any atom is -0.282 e. The summed E-state index contributed by atoms with van der Waals surface area (Å²) in [4.78, 5) is 0.211. The molecular formula is C22H44O3S. The second-order valence-corrected chi connectivity index (χ2v) is 9.39. The summed E-state index contributed by atoms with van der Waals surface area (Å²) >= 11 is 0. The third kappa shape index (κ3) is 15.9. The van der Waals surface area contributed by atoms with Crippen LogP contribution in [-0.2, 0) is 10.1 Å². The maximum absolute atomic E-state index is 11.3. The first-order chi connectivity index (χ1) is 12.4. The van der Waals surface area contributed by atoms with Crippen molar-refractivity contribution >= 4 is 10.1 Å². The van der Waals surface area contributed by atoms with Crippen molar-refractivity contribution in [2.75, 3.05) is 0 Å². The van der Waals surface area contributed by atoms with Gasteiger partial charge in [0.15, 0.2) is 0 Å². The Labute approximate surface area is 163 Å². The molecule has 0 bridgehead atoms. The normalized spacial score (nSPS) is 11.7. The molecule has 0 rings (SSSR count). The predicted octanol–water partition coefficient (Wildman–Crippen LogP) is 7.82. The second-order valence-electron chi connectivity index (χ2n) is 7.95. The fourth-order valence-electron chi connectivity index (χ4n) is 3.47. The van der Waals surface area contributed by atoms with Gasteiger partial charge >= 0.3 is 0 Å². The standard InChI is InChI=1S/C22H44O3S/c1-4-5-6-7-8-9-10-11-12-13-14-15-16-17-18-19-20-22(21(2)3)26(23,24)25/h4-20H2,1-3H3,(H,23,24,25). The van der Waals surface area contributed by atoms with Gasteiger partial charge in [0, 0.05) is 0 Å². The molecule has 1 N–H and O–H groups in total. The molecule has 4 heteroatoms. The van der Waals surface area contributed by atoms with Gasteiger partial charge in [0.05, 0.1) is 4.91 Å². The first-order valence-electron chi connectivity index (χ1n) is 11.0. The Hall–Kier alpha value is -0.350. The van der Waals surface area contributed by atoms with E-state index in [1.807, 2.05) is 0 Å². The Morgan fingerprint density at radius 1 is 0.615 bits per heavy atom. The highest BCUT2D eigenvalue weighted by atomic mass is 32.2. The van der Waals surface area contributed by atoms with Gasteiger partial charge < -0.3 is 0 Å². The van der Waals surface area contributed by atoms with Gasteiger partial charge in [-0.2, -0.15) is 8.42 Å². The van der Waals surface area contributed by atoms with E-state index in [0.717, 1.165) is 12.8 Å². The molecule has 0 saturated heterocycles. The smallest absolute Gasteiger partial charge is 0.282 e. The molecule has 0 aliphatic rings. The number of hydrogen-bond donors (Lipinski definition) is 1. The molecule has 0 aromatic carbocycles. The van der Waals surface area contributed by atoms with Crippen molar-refractivity contribution < 1.29 is 13.0 Å². The zero-order chi connectivity index (χ0) is 19.7. The number of rotatable bonds is 18. The summed E-state index contributed by atoms with van der Waals surface area (Å²) in [7, 11) is -4.01.